The summed E-state index contributed by atoms with van der Waals surface area (Å²) in [4.78, 5) is 0. The van der Waals surface area contributed by atoms with Gasteiger partial charge in [0, 0.05) is 12.2 Å². The van der Waals surface area contributed by atoms with Gasteiger partial charge in [-0.2, -0.15) is 0 Å². The van der Waals surface area contributed by atoms with Gasteiger partial charge in [-0.1, -0.05) is 13.0 Å². The first-order chi connectivity index (χ1) is 6.15. The van der Waals surface area contributed by atoms with Crippen LogP contribution in [0.15, 0.2) is 18.2 Å². The van der Waals surface area contributed by atoms with Crippen LogP contribution in [0, 0.1) is 17.6 Å². The van der Waals surface area contributed by atoms with E-state index >= 15 is 0 Å². The maximum absolute atomic E-state index is 13.0. The minimum absolute atomic E-state index is 0.0593. The van der Waals surface area contributed by atoms with Crippen LogP contribution in [0.4, 0.5) is 8.78 Å². The second-order valence-electron chi connectivity index (χ2n) is 3.19. The molecule has 0 fully saturated rings. The highest BCUT2D eigenvalue weighted by atomic mass is 19.1. The number of halogens is 2. The van der Waals surface area contributed by atoms with Crippen LogP contribution in [0.1, 0.15) is 12.5 Å². The molecule has 0 amide bonds. The molecule has 0 radical (unpaired) electrons. The summed E-state index contributed by atoms with van der Waals surface area (Å²) in [7, 11) is 0. The molecule has 1 unspecified atom stereocenters. The number of hydrogen-bond donors (Lipinski definition) is 1. The predicted molar refractivity (Wildman–Crippen MR) is 46.3 cm³/mol. The van der Waals surface area contributed by atoms with Crippen LogP contribution in [0.25, 0.3) is 0 Å². The maximum Gasteiger partial charge on any atom is 0.129 e. The van der Waals surface area contributed by atoms with Crippen LogP contribution < -0.4 is 0 Å². The van der Waals surface area contributed by atoms with Crippen LogP contribution in [0.2, 0.25) is 0 Å². The molecule has 0 spiro atoms. The molecule has 3 heteroatoms. The van der Waals surface area contributed by atoms with Crippen molar-refractivity contribution < 1.29 is 13.9 Å². The highest BCUT2D eigenvalue weighted by molar-refractivity contribution is 5.20. The molecule has 0 bridgehead atoms. The van der Waals surface area contributed by atoms with Crippen molar-refractivity contribution in [1.29, 1.82) is 0 Å². The Balaban J connectivity index is 2.87. The Kier molecular flexibility index (Phi) is 3.37. The van der Waals surface area contributed by atoms with Gasteiger partial charge in [0.2, 0.25) is 0 Å². The first-order valence-corrected chi connectivity index (χ1v) is 4.19. The molecular weight excluding hydrogens is 174 g/mol. The molecular formula is C10H12F2O. The Morgan fingerprint density at radius 3 is 2.31 bits per heavy atom. The molecule has 72 valence electrons. The molecule has 13 heavy (non-hydrogen) atoms. The van der Waals surface area contributed by atoms with Gasteiger partial charge in [0.15, 0.2) is 0 Å². The number of benzene rings is 1. The van der Waals surface area contributed by atoms with Crippen molar-refractivity contribution in [2.75, 3.05) is 6.61 Å². The SMILES string of the molecule is CC(CO)Cc1c(F)cccc1F. The van der Waals surface area contributed by atoms with Gasteiger partial charge < -0.3 is 5.11 Å². The van der Waals surface area contributed by atoms with Crippen molar-refractivity contribution in [2.24, 2.45) is 5.92 Å². The van der Waals surface area contributed by atoms with Gasteiger partial charge in [-0.3, -0.25) is 0 Å². The van der Waals surface area contributed by atoms with Crippen LogP contribution in [0.3, 0.4) is 0 Å². The summed E-state index contributed by atoms with van der Waals surface area (Å²) in [6.45, 7) is 1.68. The van der Waals surface area contributed by atoms with Crippen molar-refractivity contribution in [3.63, 3.8) is 0 Å². The Hall–Kier alpha value is -0.960. The number of aliphatic hydroxyl groups is 1. The zero-order valence-electron chi connectivity index (χ0n) is 7.43. The first-order valence-electron chi connectivity index (χ1n) is 4.19. The van der Waals surface area contributed by atoms with E-state index in [2.05, 4.69) is 0 Å². The van der Waals surface area contributed by atoms with Crippen molar-refractivity contribution in [3.8, 4) is 0 Å². The summed E-state index contributed by atoms with van der Waals surface area (Å²) >= 11 is 0. The fourth-order valence-corrected chi connectivity index (χ4v) is 1.14. The lowest BCUT2D eigenvalue weighted by Gasteiger charge is -2.09. The molecule has 0 aliphatic heterocycles. The Morgan fingerprint density at radius 2 is 1.85 bits per heavy atom. The van der Waals surface area contributed by atoms with E-state index in [1.165, 1.54) is 18.2 Å². The lowest BCUT2D eigenvalue weighted by atomic mass is 10.0. The summed E-state index contributed by atoms with van der Waals surface area (Å²) in [6, 6.07) is 3.78. The minimum atomic E-state index is -0.541. The molecule has 0 aliphatic rings. The molecule has 1 aromatic carbocycles. The van der Waals surface area contributed by atoms with E-state index in [9.17, 15) is 8.78 Å². The number of aliphatic hydroxyl groups excluding tert-OH is 1. The molecule has 0 aromatic heterocycles. The second kappa shape index (κ2) is 4.33. The fourth-order valence-electron chi connectivity index (χ4n) is 1.14. The van der Waals surface area contributed by atoms with Crippen LogP contribution in [-0.2, 0) is 6.42 Å². The van der Waals surface area contributed by atoms with Crippen LogP contribution >= 0.6 is 0 Å². The average Bonchev–Trinajstić information content (AvgIpc) is 2.11. The lowest BCUT2D eigenvalue weighted by molar-refractivity contribution is 0.235. The van der Waals surface area contributed by atoms with E-state index < -0.39 is 11.6 Å². The van der Waals surface area contributed by atoms with Gasteiger partial charge in [0.1, 0.15) is 11.6 Å². The third kappa shape index (κ3) is 2.49. The van der Waals surface area contributed by atoms with E-state index in [0.29, 0.717) is 0 Å². The Labute approximate surface area is 76.0 Å². The van der Waals surface area contributed by atoms with E-state index in [-0.39, 0.29) is 24.5 Å². The highest BCUT2D eigenvalue weighted by Gasteiger charge is 2.11. The average molecular weight is 186 g/mol. The van der Waals surface area contributed by atoms with Crippen LogP contribution in [-0.4, -0.2) is 11.7 Å². The summed E-state index contributed by atoms with van der Waals surface area (Å²) in [6.07, 6.45) is 0.231. The molecule has 1 N–H and O–H groups in total. The van der Waals surface area contributed by atoms with Crippen molar-refractivity contribution in [1.82, 2.24) is 0 Å². The first kappa shape index (κ1) is 10.1. The van der Waals surface area contributed by atoms with Crippen molar-refractivity contribution in [3.05, 3.63) is 35.4 Å². The fraction of sp³-hybridized carbons (Fsp3) is 0.400. The molecule has 1 nitrogen and oxygen atoms in total. The monoisotopic (exact) mass is 186 g/mol. The van der Waals surface area contributed by atoms with Gasteiger partial charge in [-0.05, 0) is 24.5 Å². The van der Waals surface area contributed by atoms with Crippen molar-refractivity contribution in [2.45, 2.75) is 13.3 Å². The molecule has 0 heterocycles. The number of hydrogen-bond acceptors (Lipinski definition) is 1. The smallest absolute Gasteiger partial charge is 0.129 e. The van der Waals surface area contributed by atoms with Gasteiger partial charge in [-0.15, -0.1) is 0 Å². The molecule has 1 aromatic rings. The Morgan fingerprint density at radius 1 is 1.31 bits per heavy atom. The summed E-state index contributed by atoms with van der Waals surface area (Å²) in [5, 5.41) is 8.73. The highest BCUT2D eigenvalue weighted by Crippen LogP contribution is 2.16. The summed E-state index contributed by atoms with van der Waals surface area (Å²) in [5.41, 5.74) is 0.0593. The standard InChI is InChI=1S/C10H12F2O/c1-7(6-13)5-8-9(11)3-2-4-10(8)12/h2-4,7,13H,5-6H2,1H3. The van der Waals surface area contributed by atoms with Crippen LogP contribution in [0.5, 0.6) is 0 Å². The zero-order chi connectivity index (χ0) is 9.84. The largest absolute Gasteiger partial charge is 0.396 e. The van der Waals surface area contributed by atoms with Crippen molar-refractivity contribution >= 4 is 0 Å². The third-order valence-electron chi connectivity index (χ3n) is 1.93. The van der Waals surface area contributed by atoms with E-state index in [1.807, 2.05) is 0 Å². The topological polar surface area (TPSA) is 20.2 Å². The quantitative estimate of drug-likeness (QED) is 0.766. The van der Waals surface area contributed by atoms with Gasteiger partial charge >= 0.3 is 0 Å². The Bertz CT molecular complexity index is 266. The zero-order valence-corrected chi connectivity index (χ0v) is 7.43. The molecule has 0 saturated carbocycles. The van der Waals surface area contributed by atoms with E-state index in [1.54, 1.807) is 6.92 Å². The third-order valence-corrected chi connectivity index (χ3v) is 1.93. The lowest BCUT2D eigenvalue weighted by Crippen LogP contribution is -2.07. The number of rotatable bonds is 3. The predicted octanol–water partition coefficient (Wildman–Crippen LogP) is 2.14. The van der Waals surface area contributed by atoms with Gasteiger partial charge in [-0.25, -0.2) is 8.78 Å². The molecule has 0 saturated heterocycles. The summed E-state index contributed by atoms with van der Waals surface area (Å²) in [5.74, 6) is -1.20. The molecule has 0 aliphatic carbocycles. The summed E-state index contributed by atoms with van der Waals surface area (Å²) < 4.78 is 26.1. The minimum Gasteiger partial charge on any atom is -0.396 e. The second-order valence-corrected chi connectivity index (χ2v) is 3.19. The normalized spacial score (nSPS) is 12.9. The van der Waals surface area contributed by atoms with Gasteiger partial charge in [0.05, 0.1) is 0 Å². The molecule has 1 rings (SSSR count). The van der Waals surface area contributed by atoms with E-state index in [4.69, 9.17) is 5.11 Å². The maximum atomic E-state index is 13.0. The van der Waals surface area contributed by atoms with E-state index in [0.717, 1.165) is 0 Å². The molecule has 1 atom stereocenters. The van der Waals surface area contributed by atoms with Gasteiger partial charge in [0.25, 0.3) is 0 Å².